The molecule has 3 amide bonds. The molecule has 0 spiro atoms. The smallest absolute Gasteiger partial charge is 0.340 e. The molecule has 7 heteroatoms. The molecule has 23 heavy (non-hydrogen) atoms. The average Bonchev–Trinajstić information content (AvgIpc) is 2.56. The zero-order valence-electron chi connectivity index (χ0n) is 12.4. The Labute approximate surface area is 132 Å². The van der Waals surface area contributed by atoms with Crippen LogP contribution in [0.25, 0.3) is 0 Å². The van der Waals surface area contributed by atoms with Crippen LogP contribution in [0.2, 0.25) is 0 Å². The van der Waals surface area contributed by atoms with Crippen molar-refractivity contribution in [1.29, 1.82) is 0 Å². The van der Waals surface area contributed by atoms with Crippen molar-refractivity contribution in [3.05, 3.63) is 60.4 Å². The van der Waals surface area contributed by atoms with Gasteiger partial charge in [-0.3, -0.25) is 15.1 Å². The van der Waals surface area contributed by atoms with Crippen molar-refractivity contribution in [2.45, 2.75) is 13.0 Å². The molecule has 0 aliphatic carbocycles. The Morgan fingerprint density at radius 2 is 1.83 bits per heavy atom. The Kier molecular flexibility index (Phi) is 5.40. The number of pyridine rings is 1. The molecule has 1 aromatic carbocycles. The molecule has 2 N–H and O–H groups in total. The fourth-order valence-corrected chi connectivity index (χ4v) is 1.66. The van der Waals surface area contributed by atoms with E-state index in [1.165, 1.54) is 25.4 Å². The minimum absolute atomic E-state index is 0.223. The van der Waals surface area contributed by atoms with Crippen LogP contribution >= 0.6 is 0 Å². The van der Waals surface area contributed by atoms with Gasteiger partial charge in [0.15, 0.2) is 6.10 Å². The van der Waals surface area contributed by atoms with Gasteiger partial charge >= 0.3 is 12.0 Å². The molecule has 1 atom stereocenters. The maximum atomic E-state index is 11.8. The molecule has 0 aliphatic rings. The summed E-state index contributed by atoms with van der Waals surface area (Å²) in [4.78, 5) is 39.1. The molecule has 2 rings (SSSR count). The highest BCUT2D eigenvalue weighted by molar-refractivity contribution is 6.03. The summed E-state index contributed by atoms with van der Waals surface area (Å²) in [5, 5.41) is 4.59. The fourth-order valence-electron chi connectivity index (χ4n) is 1.66. The number of nitrogens with one attached hydrogen (secondary N) is 2. The van der Waals surface area contributed by atoms with E-state index in [0.29, 0.717) is 5.69 Å². The van der Waals surface area contributed by atoms with Crippen LogP contribution < -0.4 is 10.6 Å². The van der Waals surface area contributed by atoms with E-state index in [4.69, 9.17) is 4.74 Å². The molecule has 7 nitrogen and oxygen atoms in total. The lowest BCUT2D eigenvalue weighted by molar-refractivity contribution is -0.127. The molecule has 0 fully saturated rings. The standard InChI is InChI=1S/C16H15N3O4/c1-11(23-15(21)12-6-5-9-17-10-12)14(20)19-16(22)18-13-7-3-2-4-8-13/h2-11H,1H3,(H2,18,19,20,22)/t11-/m1/s1. The summed E-state index contributed by atoms with van der Waals surface area (Å²) in [6.07, 6.45) is 1.72. The zero-order valence-corrected chi connectivity index (χ0v) is 12.4. The Bertz CT molecular complexity index is 689. The van der Waals surface area contributed by atoms with Gasteiger partial charge in [0.25, 0.3) is 5.91 Å². The molecular weight excluding hydrogens is 298 g/mol. The second-order valence-electron chi connectivity index (χ2n) is 4.60. The number of urea groups is 1. The van der Waals surface area contributed by atoms with Crippen LogP contribution in [-0.2, 0) is 9.53 Å². The number of benzene rings is 1. The first kappa shape index (κ1) is 16.2. The van der Waals surface area contributed by atoms with Crippen molar-refractivity contribution in [3.8, 4) is 0 Å². The highest BCUT2D eigenvalue weighted by atomic mass is 16.5. The first-order valence-corrected chi connectivity index (χ1v) is 6.84. The SMILES string of the molecule is C[C@@H](OC(=O)c1cccnc1)C(=O)NC(=O)Nc1ccccc1. The van der Waals surface area contributed by atoms with Crippen molar-refractivity contribution in [3.63, 3.8) is 0 Å². The number of hydrogen-bond donors (Lipinski definition) is 2. The van der Waals surface area contributed by atoms with Gasteiger partial charge in [-0.25, -0.2) is 9.59 Å². The first-order chi connectivity index (χ1) is 11.1. The van der Waals surface area contributed by atoms with Gasteiger partial charge in [-0.2, -0.15) is 0 Å². The van der Waals surface area contributed by atoms with E-state index in [-0.39, 0.29) is 5.56 Å². The van der Waals surface area contributed by atoms with Gasteiger partial charge in [-0.15, -0.1) is 0 Å². The number of anilines is 1. The van der Waals surface area contributed by atoms with Gasteiger partial charge < -0.3 is 10.1 Å². The third-order valence-electron chi connectivity index (χ3n) is 2.82. The van der Waals surface area contributed by atoms with E-state index in [1.807, 2.05) is 0 Å². The van der Waals surface area contributed by atoms with Crippen molar-refractivity contribution in [2.75, 3.05) is 5.32 Å². The van der Waals surface area contributed by atoms with E-state index in [2.05, 4.69) is 15.6 Å². The summed E-state index contributed by atoms with van der Waals surface area (Å²) >= 11 is 0. The topological polar surface area (TPSA) is 97.4 Å². The third kappa shape index (κ3) is 4.92. The van der Waals surface area contributed by atoms with Crippen LogP contribution in [0.15, 0.2) is 54.9 Å². The number of carbonyl (C=O) groups is 3. The number of ether oxygens (including phenoxy) is 1. The van der Waals surface area contributed by atoms with Crippen molar-refractivity contribution in [2.24, 2.45) is 0 Å². The summed E-state index contributed by atoms with van der Waals surface area (Å²) in [5.74, 6) is -1.42. The summed E-state index contributed by atoms with van der Waals surface area (Å²) in [5.41, 5.74) is 0.763. The van der Waals surface area contributed by atoms with Crippen molar-refractivity contribution >= 4 is 23.6 Å². The van der Waals surface area contributed by atoms with Crippen LogP contribution in [0, 0.1) is 0 Å². The number of para-hydroxylation sites is 1. The van der Waals surface area contributed by atoms with Gasteiger partial charge in [-0.05, 0) is 31.2 Å². The maximum Gasteiger partial charge on any atom is 0.340 e. The Hall–Kier alpha value is -3.22. The number of imide groups is 1. The molecule has 0 saturated carbocycles. The summed E-state index contributed by atoms with van der Waals surface area (Å²) < 4.78 is 4.98. The molecule has 118 valence electrons. The average molecular weight is 313 g/mol. The molecule has 0 bridgehead atoms. The number of nitrogens with zero attached hydrogens (tertiary/aromatic N) is 1. The van der Waals surface area contributed by atoms with Crippen LogP contribution in [0.3, 0.4) is 0 Å². The Balaban J connectivity index is 1.85. The van der Waals surface area contributed by atoms with Gasteiger partial charge in [0.1, 0.15) is 0 Å². The minimum atomic E-state index is -1.12. The molecule has 1 heterocycles. The van der Waals surface area contributed by atoms with E-state index in [1.54, 1.807) is 36.4 Å². The third-order valence-corrected chi connectivity index (χ3v) is 2.82. The highest BCUT2D eigenvalue weighted by Crippen LogP contribution is 2.05. The summed E-state index contributed by atoms with van der Waals surface area (Å²) in [6.45, 7) is 1.37. The highest BCUT2D eigenvalue weighted by Gasteiger charge is 2.20. The van der Waals surface area contributed by atoms with Gasteiger partial charge in [0, 0.05) is 18.1 Å². The number of amides is 3. The maximum absolute atomic E-state index is 11.8. The minimum Gasteiger partial charge on any atom is -0.449 e. The summed E-state index contributed by atoms with van der Waals surface area (Å²) in [6, 6.07) is 11.0. The number of hydrogen-bond acceptors (Lipinski definition) is 5. The fraction of sp³-hybridized carbons (Fsp3) is 0.125. The molecule has 1 aromatic heterocycles. The Morgan fingerprint density at radius 1 is 1.09 bits per heavy atom. The summed E-state index contributed by atoms with van der Waals surface area (Å²) in [7, 11) is 0. The van der Waals surface area contributed by atoms with Crippen LogP contribution in [-0.4, -0.2) is 29.0 Å². The lowest BCUT2D eigenvalue weighted by Crippen LogP contribution is -2.41. The molecular formula is C16H15N3O4. The lowest BCUT2D eigenvalue weighted by Gasteiger charge is -2.13. The molecule has 0 saturated heterocycles. The molecule has 2 aromatic rings. The van der Waals surface area contributed by atoms with E-state index >= 15 is 0 Å². The van der Waals surface area contributed by atoms with Gasteiger partial charge in [-0.1, -0.05) is 18.2 Å². The van der Waals surface area contributed by atoms with Crippen molar-refractivity contribution in [1.82, 2.24) is 10.3 Å². The predicted molar refractivity (Wildman–Crippen MR) is 82.7 cm³/mol. The normalized spacial score (nSPS) is 11.2. The number of esters is 1. The quantitative estimate of drug-likeness (QED) is 0.841. The second-order valence-corrected chi connectivity index (χ2v) is 4.60. The monoisotopic (exact) mass is 313 g/mol. The zero-order chi connectivity index (χ0) is 16.7. The van der Waals surface area contributed by atoms with Crippen LogP contribution in [0.1, 0.15) is 17.3 Å². The van der Waals surface area contributed by atoms with Gasteiger partial charge in [0.05, 0.1) is 5.56 Å². The predicted octanol–water partition coefficient (Wildman–Crippen LogP) is 1.98. The number of aromatic nitrogens is 1. The molecule has 0 radical (unpaired) electrons. The molecule has 0 aliphatic heterocycles. The van der Waals surface area contributed by atoms with E-state index < -0.39 is 24.0 Å². The van der Waals surface area contributed by atoms with E-state index in [0.717, 1.165) is 0 Å². The number of carbonyl (C=O) groups excluding carboxylic acids is 3. The largest absolute Gasteiger partial charge is 0.449 e. The first-order valence-electron chi connectivity index (χ1n) is 6.84. The van der Waals surface area contributed by atoms with Crippen LogP contribution in [0.5, 0.6) is 0 Å². The number of rotatable bonds is 4. The second kappa shape index (κ2) is 7.69. The lowest BCUT2D eigenvalue weighted by atomic mass is 10.3. The molecule has 0 unspecified atom stereocenters. The van der Waals surface area contributed by atoms with Crippen molar-refractivity contribution < 1.29 is 19.1 Å². The van der Waals surface area contributed by atoms with Crippen LogP contribution in [0.4, 0.5) is 10.5 Å². The van der Waals surface area contributed by atoms with Gasteiger partial charge in [0.2, 0.25) is 0 Å². The van der Waals surface area contributed by atoms with E-state index in [9.17, 15) is 14.4 Å². The Morgan fingerprint density at radius 3 is 2.48 bits per heavy atom.